The third-order valence-corrected chi connectivity index (χ3v) is 6.24. The number of aromatic hydroxyl groups is 1. The van der Waals surface area contributed by atoms with Gasteiger partial charge in [-0.2, -0.15) is 0 Å². The Morgan fingerprint density at radius 3 is 2.14 bits per heavy atom. The van der Waals surface area contributed by atoms with Crippen LogP contribution in [0.2, 0.25) is 0 Å². The molecule has 1 heterocycles. The summed E-state index contributed by atoms with van der Waals surface area (Å²) in [6.45, 7) is 4.02. The first kappa shape index (κ1) is 33.5. The molecule has 0 saturated heterocycles. The Morgan fingerprint density at radius 1 is 0.952 bits per heavy atom. The molecule has 0 saturated carbocycles. The molecule has 4 unspecified atom stereocenters. The van der Waals surface area contributed by atoms with Gasteiger partial charge in [-0.1, -0.05) is 26.0 Å². The number of nitrogens with two attached hydrogens (primary N) is 3. The lowest BCUT2D eigenvalue weighted by Crippen LogP contribution is -2.58. The summed E-state index contributed by atoms with van der Waals surface area (Å²) < 4.78 is 0. The standard InChI is InChI=1S/C27H41N9O6/c1-15(2)10-19(28)23(38)34-20(4-3-9-32-27(29)30)24(39)35-21(11-16-5-7-18(37)8-6-16)25(40)36-22(26(41)42)12-17-13-31-14-33-17/h5-8,13-15,19-22,37H,3-4,9-12,28H2,1-2H3,(H,31,33)(H,34,38)(H,35,39)(H,36,40)(H,41,42)(H4,29,30,32). The number of hydrogen-bond acceptors (Lipinski definition) is 8. The lowest BCUT2D eigenvalue weighted by molar-refractivity contribution is -0.142. The fourth-order valence-corrected chi connectivity index (χ4v) is 4.10. The van der Waals surface area contributed by atoms with Crippen molar-refractivity contribution in [1.29, 1.82) is 0 Å². The lowest BCUT2D eigenvalue weighted by atomic mass is 10.0. The molecule has 0 fully saturated rings. The van der Waals surface area contributed by atoms with E-state index in [9.17, 15) is 29.4 Å². The highest BCUT2D eigenvalue weighted by atomic mass is 16.4. The summed E-state index contributed by atoms with van der Waals surface area (Å²) in [5.74, 6) is -3.22. The zero-order valence-electron chi connectivity index (χ0n) is 23.7. The maximum atomic E-state index is 13.5. The number of carbonyl (C=O) groups excluding carboxylic acids is 3. The van der Waals surface area contributed by atoms with Crippen molar-refractivity contribution < 1.29 is 29.4 Å². The van der Waals surface area contributed by atoms with E-state index in [-0.39, 0.29) is 43.4 Å². The predicted octanol–water partition coefficient (Wildman–Crippen LogP) is -1.13. The summed E-state index contributed by atoms with van der Waals surface area (Å²) in [7, 11) is 0. The third kappa shape index (κ3) is 11.8. The monoisotopic (exact) mass is 587 g/mol. The molecular formula is C27H41N9O6. The molecule has 0 aliphatic rings. The van der Waals surface area contributed by atoms with Crippen LogP contribution < -0.4 is 33.2 Å². The van der Waals surface area contributed by atoms with Gasteiger partial charge in [0.15, 0.2) is 5.96 Å². The molecule has 230 valence electrons. The summed E-state index contributed by atoms with van der Waals surface area (Å²) in [5, 5.41) is 27.1. The number of hydrogen-bond donors (Lipinski definition) is 9. The topological polar surface area (TPSA) is 264 Å². The van der Waals surface area contributed by atoms with Crippen molar-refractivity contribution in [3.8, 4) is 5.75 Å². The van der Waals surface area contributed by atoms with E-state index in [4.69, 9.17) is 17.2 Å². The molecular weight excluding hydrogens is 546 g/mol. The number of rotatable bonds is 17. The Balaban J connectivity index is 2.27. The van der Waals surface area contributed by atoms with Crippen LogP contribution in [-0.4, -0.2) is 80.5 Å². The second kappa shape index (κ2) is 16.6. The smallest absolute Gasteiger partial charge is 0.326 e. The van der Waals surface area contributed by atoms with Crippen molar-refractivity contribution in [2.24, 2.45) is 28.1 Å². The minimum atomic E-state index is -1.32. The molecule has 1 aromatic carbocycles. The lowest BCUT2D eigenvalue weighted by Gasteiger charge is -2.25. The fourth-order valence-electron chi connectivity index (χ4n) is 4.10. The van der Waals surface area contributed by atoms with Gasteiger partial charge < -0.3 is 48.3 Å². The number of carboxylic acid groups (broad SMARTS) is 1. The third-order valence-electron chi connectivity index (χ3n) is 6.24. The van der Waals surface area contributed by atoms with Gasteiger partial charge in [0.05, 0.1) is 12.4 Å². The summed E-state index contributed by atoms with van der Waals surface area (Å²) in [4.78, 5) is 62.1. The summed E-state index contributed by atoms with van der Waals surface area (Å²) in [6.07, 6.45) is 3.58. The zero-order chi connectivity index (χ0) is 31.2. The summed E-state index contributed by atoms with van der Waals surface area (Å²) in [6, 6.07) is 1.50. The van der Waals surface area contributed by atoms with E-state index in [0.717, 1.165) is 0 Å². The van der Waals surface area contributed by atoms with Gasteiger partial charge in [0, 0.05) is 31.3 Å². The van der Waals surface area contributed by atoms with Crippen molar-refractivity contribution in [3.63, 3.8) is 0 Å². The second-order valence-electron chi connectivity index (χ2n) is 10.4. The summed E-state index contributed by atoms with van der Waals surface area (Å²) >= 11 is 0. The maximum Gasteiger partial charge on any atom is 0.326 e. The SMILES string of the molecule is CC(C)CC(N)C(=O)NC(CCCN=C(N)N)C(=O)NC(Cc1ccc(O)cc1)C(=O)NC(Cc1cnc[nH]1)C(=O)O. The van der Waals surface area contributed by atoms with Gasteiger partial charge in [-0.25, -0.2) is 9.78 Å². The van der Waals surface area contributed by atoms with Crippen molar-refractivity contribution in [1.82, 2.24) is 25.9 Å². The number of aliphatic imine (C=N–C) groups is 1. The number of aromatic nitrogens is 2. The van der Waals surface area contributed by atoms with Crippen LogP contribution in [0.4, 0.5) is 0 Å². The van der Waals surface area contributed by atoms with Crippen LogP contribution in [0.5, 0.6) is 5.75 Å². The molecule has 12 N–H and O–H groups in total. The van der Waals surface area contributed by atoms with Crippen LogP contribution in [0.3, 0.4) is 0 Å². The molecule has 0 spiro atoms. The van der Waals surface area contributed by atoms with E-state index in [2.05, 4.69) is 30.9 Å². The normalized spacial score (nSPS) is 13.8. The number of carboxylic acids is 1. The van der Waals surface area contributed by atoms with Crippen LogP contribution in [0.25, 0.3) is 0 Å². The Morgan fingerprint density at radius 2 is 1.57 bits per heavy atom. The molecule has 3 amide bonds. The van der Waals surface area contributed by atoms with Crippen molar-refractivity contribution in [2.45, 2.75) is 70.1 Å². The molecule has 0 aliphatic carbocycles. The Kier molecular flexibility index (Phi) is 13.2. The predicted molar refractivity (Wildman–Crippen MR) is 155 cm³/mol. The van der Waals surface area contributed by atoms with Crippen molar-refractivity contribution >= 4 is 29.7 Å². The molecule has 2 rings (SSSR count). The van der Waals surface area contributed by atoms with Gasteiger partial charge in [0.2, 0.25) is 17.7 Å². The van der Waals surface area contributed by atoms with Gasteiger partial charge in [-0.15, -0.1) is 0 Å². The Bertz CT molecular complexity index is 1200. The molecule has 1 aromatic heterocycles. The fraction of sp³-hybridized carbons (Fsp3) is 0.481. The van der Waals surface area contributed by atoms with E-state index in [0.29, 0.717) is 24.1 Å². The van der Waals surface area contributed by atoms with Gasteiger partial charge in [-0.3, -0.25) is 19.4 Å². The highest BCUT2D eigenvalue weighted by Gasteiger charge is 2.31. The van der Waals surface area contributed by atoms with E-state index < -0.39 is 47.9 Å². The molecule has 15 nitrogen and oxygen atoms in total. The first-order chi connectivity index (χ1) is 19.8. The van der Waals surface area contributed by atoms with Crippen LogP contribution >= 0.6 is 0 Å². The maximum absolute atomic E-state index is 13.5. The van der Waals surface area contributed by atoms with Crippen molar-refractivity contribution in [2.75, 3.05) is 6.54 Å². The van der Waals surface area contributed by atoms with Crippen LogP contribution in [0.15, 0.2) is 41.8 Å². The quantitative estimate of drug-likeness (QED) is 0.0610. The summed E-state index contributed by atoms with van der Waals surface area (Å²) in [5.41, 5.74) is 17.8. The number of benzene rings is 1. The number of phenolic OH excluding ortho intramolecular Hbond substituents is 1. The Hall–Kier alpha value is -4.66. The van der Waals surface area contributed by atoms with E-state index in [1.54, 1.807) is 12.1 Å². The number of amides is 3. The van der Waals surface area contributed by atoms with Gasteiger partial charge in [0.25, 0.3) is 0 Å². The Labute approximate surface area is 243 Å². The van der Waals surface area contributed by atoms with E-state index in [1.807, 2.05) is 13.8 Å². The average molecular weight is 588 g/mol. The first-order valence-corrected chi connectivity index (χ1v) is 13.6. The highest BCUT2D eigenvalue weighted by Crippen LogP contribution is 2.13. The number of phenols is 1. The molecule has 0 bridgehead atoms. The van der Waals surface area contributed by atoms with Gasteiger partial charge >= 0.3 is 5.97 Å². The molecule has 4 atom stereocenters. The van der Waals surface area contributed by atoms with Gasteiger partial charge in [-0.05, 0) is 42.9 Å². The number of aromatic amines is 1. The highest BCUT2D eigenvalue weighted by molar-refractivity contribution is 5.94. The zero-order valence-corrected chi connectivity index (χ0v) is 23.7. The van der Waals surface area contributed by atoms with Crippen LogP contribution in [-0.2, 0) is 32.0 Å². The number of carbonyl (C=O) groups is 4. The largest absolute Gasteiger partial charge is 0.508 e. The number of H-pyrrole nitrogens is 1. The molecule has 15 heteroatoms. The van der Waals surface area contributed by atoms with E-state index >= 15 is 0 Å². The van der Waals surface area contributed by atoms with Crippen LogP contribution in [0, 0.1) is 5.92 Å². The average Bonchev–Trinajstić information content (AvgIpc) is 3.43. The minimum absolute atomic E-state index is 0.00979. The molecule has 42 heavy (non-hydrogen) atoms. The molecule has 0 radical (unpaired) electrons. The number of imidazole rings is 1. The number of nitrogens with zero attached hydrogens (tertiary/aromatic N) is 2. The van der Waals surface area contributed by atoms with Crippen molar-refractivity contribution in [3.05, 3.63) is 48.0 Å². The molecule has 2 aromatic rings. The minimum Gasteiger partial charge on any atom is -0.508 e. The number of nitrogens with one attached hydrogen (secondary N) is 4. The van der Waals surface area contributed by atoms with Crippen LogP contribution in [0.1, 0.15) is 44.4 Å². The van der Waals surface area contributed by atoms with E-state index in [1.165, 1.54) is 24.7 Å². The van der Waals surface area contributed by atoms with Gasteiger partial charge in [0.1, 0.15) is 23.9 Å². The molecule has 0 aliphatic heterocycles. The second-order valence-corrected chi connectivity index (χ2v) is 10.4. The number of aliphatic carboxylic acids is 1. The first-order valence-electron chi connectivity index (χ1n) is 13.6. The number of guanidine groups is 1.